The van der Waals surface area contributed by atoms with E-state index in [0.29, 0.717) is 24.0 Å². The molecule has 2 N–H and O–H groups in total. The Kier molecular flexibility index (Phi) is 5.34. The normalized spacial score (nSPS) is 17.3. The minimum Gasteiger partial charge on any atom is -0.352 e. The molecule has 0 bridgehead atoms. The predicted octanol–water partition coefficient (Wildman–Crippen LogP) is 3.68. The molecule has 1 aromatic heterocycles. The van der Waals surface area contributed by atoms with Gasteiger partial charge in [-0.2, -0.15) is 0 Å². The summed E-state index contributed by atoms with van der Waals surface area (Å²) in [5.41, 5.74) is 1.90. The molecule has 1 amide bonds. The number of nitrogens with one attached hydrogen (secondary N) is 2. The van der Waals surface area contributed by atoms with Gasteiger partial charge in [0.2, 0.25) is 5.91 Å². The molecule has 0 radical (unpaired) electrons. The first-order valence-corrected chi connectivity index (χ1v) is 9.49. The molecule has 1 saturated heterocycles. The largest absolute Gasteiger partial charge is 0.352 e. The molecule has 2 aromatic carbocycles. The highest BCUT2D eigenvalue weighted by atomic mass is 19.1. The monoisotopic (exact) mass is 384 g/mol. The van der Waals surface area contributed by atoms with Gasteiger partial charge in [0.05, 0.1) is 17.1 Å². The van der Waals surface area contributed by atoms with Crippen LogP contribution in [0.25, 0.3) is 11.0 Å². The Morgan fingerprint density at radius 2 is 2.11 bits per heavy atom. The number of aromatic nitrogens is 2. The van der Waals surface area contributed by atoms with Gasteiger partial charge in [0.15, 0.2) is 0 Å². The fourth-order valence-electron chi connectivity index (χ4n) is 3.73. The molecule has 5 nitrogen and oxygen atoms in total. The van der Waals surface area contributed by atoms with Gasteiger partial charge >= 0.3 is 0 Å². The number of benzene rings is 2. The first kappa shape index (κ1) is 18.6. The second-order valence-electron chi connectivity index (χ2n) is 7.10. The topological polar surface area (TPSA) is 61.0 Å². The number of aromatic amines is 1. The second kappa shape index (κ2) is 8.06. The van der Waals surface area contributed by atoms with Gasteiger partial charge in [-0.15, -0.1) is 0 Å². The second-order valence-corrected chi connectivity index (χ2v) is 7.10. The third-order valence-electron chi connectivity index (χ3n) is 5.20. The van der Waals surface area contributed by atoms with Crippen LogP contribution in [-0.2, 0) is 11.3 Å². The van der Waals surface area contributed by atoms with Crippen molar-refractivity contribution in [2.75, 3.05) is 13.1 Å². The van der Waals surface area contributed by atoms with Gasteiger partial charge in [-0.1, -0.05) is 18.2 Å². The van der Waals surface area contributed by atoms with Crippen molar-refractivity contribution in [3.63, 3.8) is 0 Å². The number of nitrogens with zero attached hydrogens (tertiary/aromatic N) is 2. The van der Waals surface area contributed by atoms with Crippen LogP contribution >= 0.6 is 0 Å². The van der Waals surface area contributed by atoms with Gasteiger partial charge in [0, 0.05) is 25.1 Å². The lowest BCUT2D eigenvalue weighted by molar-refractivity contribution is -0.121. The van der Waals surface area contributed by atoms with Crippen molar-refractivity contribution >= 4 is 16.9 Å². The Bertz CT molecular complexity index is 987. The summed E-state index contributed by atoms with van der Waals surface area (Å²) in [6.45, 7) is 1.67. The summed E-state index contributed by atoms with van der Waals surface area (Å²) >= 11 is 0. The number of fused-ring (bicyclic) bond motifs is 1. The van der Waals surface area contributed by atoms with E-state index in [1.165, 1.54) is 18.2 Å². The fourth-order valence-corrected chi connectivity index (χ4v) is 3.73. The molecule has 28 heavy (non-hydrogen) atoms. The maximum absolute atomic E-state index is 13.6. The molecule has 1 aliphatic rings. The summed E-state index contributed by atoms with van der Waals surface area (Å²) in [5.74, 6) is 0.0895. The SMILES string of the molecule is O=C(CCN1CCCC1c1nc2ccc(F)cc2[nH]1)NCc1ccccc1F. The molecule has 4 rings (SSSR count). The molecule has 0 saturated carbocycles. The first-order chi connectivity index (χ1) is 13.6. The highest BCUT2D eigenvalue weighted by molar-refractivity contribution is 5.76. The van der Waals surface area contributed by atoms with E-state index in [0.717, 1.165) is 30.7 Å². The lowest BCUT2D eigenvalue weighted by Gasteiger charge is -2.22. The Morgan fingerprint density at radius 1 is 1.25 bits per heavy atom. The molecule has 0 aliphatic carbocycles. The number of imidazole rings is 1. The lowest BCUT2D eigenvalue weighted by Crippen LogP contribution is -2.31. The molecule has 3 aromatic rings. The summed E-state index contributed by atoms with van der Waals surface area (Å²) in [6, 6.07) is 11.0. The number of carbonyl (C=O) groups is 1. The zero-order valence-corrected chi connectivity index (χ0v) is 15.4. The number of likely N-dealkylation sites (tertiary alicyclic amines) is 1. The van der Waals surface area contributed by atoms with Gasteiger partial charge < -0.3 is 10.3 Å². The van der Waals surface area contributed by atoms with E-state index >= 15 is 0 Å². The molecule has 1 atom stereocenters. The molecule has 7 heteroatoms. The summed E-state index contributed by atoms with van der Waals surface area (Å²) in [7, 11) is 0. The van der Waals surface area contributed by atoms with E-state index in [1.807, 2.05) is 0 Å². The highest BCUT2D eigenvalue weighted by Gasteiger charge is 2.28. The molecule has 1 unspecified atom stereocenters. The average Bonchev–Trinajstić information content (AvgIpc) is 3.31. The molecule has 1 fully saturated rings. The van der Waals surface area contributed by atoms with E-state index in [4.69, 9.17) is 0 Å². The number of H-pyrrole nitrogens is 1. The Labute approximate surface area is 161 Å². The molecule has 1 aliphatic heterocycles. The third kappa shape index (κ3) is 4.04. The van der Waals surface area contributed by atoms with Crippen molar-refractivity contribution in [3.05, 3.63) is 65.5 Å². The number of carbonyl (C=O) groups excluding carboxylic acids is 1. The van der Waals surface area contributed by atoms with E-state index < -0.39 is 0 Å². The molecule has 0 spiro atoms. The van der Waals surface area contributed by atoms with E-state index in [1.54, 1.807) is 24.3 Å². The van der Waals surface area contributed by atoms with Gasteiger partial charge in [0.25, 0.3) is 0 Å². The van der Waals surface area contributed by atoms with E-state index in [9.17, 15) is 13.6 Å². The first-order valence-electron chi connectivity index (χ1n) is 9.49. The lowest BCUT2D eigenvalue weighted by atomic mass is 10.2. The van der Waals surface area contributed by atoms with Crippen LogP contribution < -0.4 is 5.32 Å². The van der Waals surface area contributed by atoms with Crippen LogP contribution in [0.15, 0.2) is 42.5 Å². The highest BCUT2D eigenvalue weighted by Crippen LogP contribution is 2.31. The maximum Gasteiger partial charge on any atom is 0.221 e. The number of amides is 1. The van der Waals surface area contributed by atoms with Crippen LogP contribution in [0.2, 0.25) is 0 Å². The van der Waals surface area contributed by atoms with Crippen molar-refractivity contribution in [1.82, 2.24) is 20.2 Å². The number of halogens is 2. The van der Waals surface area contributed by atoms with Crippen molar-refractivity contribution < 1.29 is 13.6 Å². The Morgan fingerprint density at radius 3 is 2.96 bits per heavy atom. The zero-order valence-electron chi connectivity index (χ0n) is 15.4. The number of rotatable bonds is 6. The van der Waals surface area contributed by atoms with Gasteiger partial charge in [-0.05, 0) is 43.7 Å². The summed E-state index contributed by atoms with van der Waals surface area (Å²) < 4.78 is 27.0. The van der Waals surface area contributed by atoms with Crippen LogP contribution in [0.1, 0.15) is 36.7 Å². The number of hydrogen-bond donors (Lipinski definition) is 2. The van der Waals surface area contributed by atoms with Crippen molar-refractivity contribution in [2.24, 2.45) is 0 Å². The minimum absolute atomic E-state index is 0.0924. The smallest absolute Gasteiger partial charge is 0.221 e. The standard InChI is InChI=1S/C21H22F2N4O/c22-15-7-8-17-18(12-15)26-21(25-17)19-6-3-10-27(19)11-9-20(28)24-13-14-4-1-2-5-16(14)23/h1-2,4-5,7-8,12,19H,3,6,9-11,13H2,(H,24,28)(H,25,26). The molecular weight excluding hydrogens is 362 g/mol. The van der Waals surface area contributed by atoms with Crippen LogP contribution in [0.3, 0.4) is 0 Å². The van der Waals surface area contributed by atoms with Gasteiger partial charge in [-0.25, -0.2) is 13.8 Å². The molecule has 146 valence electrons. The molecular formula is C21H22F2N4O. The van der Waals surface area contributed by atoms with E-state index in [2.05, 4.69) is 20.2 Å². The minimum atomic E-state index is -0.316. The third-order valence-corrected chi connectivity index (χ3v) is 5.20. The predicted molar refractivity (Wildman–Crippen MR) is 102 cm³/mol. The molecule has 2 heterocycles. The van der Waals surface area contributed by atoms with Crippen LogP contribution in [0.4, 0.5) is 8.78 Å². The van der Waals surface area contributed by atoms with Crippen LogP contribution in [0.5, 0.6) is 0 Å². The van der Waals surface area contributed by atoms with Gasteiger partial charge in [0.1, 0.15) is 17.5 Å². The average molecular weight is 384 g/mol. The zero-order chi connectivity index (χ0) is 19.5. The van der Waals surface area contributed by atoms with Crippen molar-refractivity contribution in [2.45, 2.75) is 31.8 Å². The summed E-state index contributed by atoms with van der Waals surface area (Å²) in [6.07, 6.45) is 2.30. The van der Waals surface area contributed by atoms with Crippen molar-refractivity contribution in [1.29, 1.82) is 0 Å². The fraction of sp³-hybridized carbons (Fsp3) is 0.333. The van der Waals surface area contributed by atoms with Crippen LogP contribution in [0, 0.1) is 11.6 Å². The van der Waals surface area contributed by atoms with Crippen molar-refractivity contribution in [3.8, 4) is 0 Å². The Balaban J connectivity index is 1.34. The van der Waals surface area contributed by atoms with Crippen LogP contribution in [-0.4, -0.2) is 33.9 Å². The summed E-state index contributed by atoms with van der Waals surface area (Å²) in [5, 5.41) is 2.78. The quantitative estimate of drug-likeness (QED) is 0.682. The van der Waals surface area contributed by atoms with Gasteiger partial charge in [-0.3, -0.25) is 9.69 Å². The Hall–Kier alpha value is -2.80. The van der Waals surface area contributed by atoms with E-state index in [-0.39, 0.29) is 30.1 Å². The summed E-state index contributed by atoms with van der Waals surface area (Å²) in [4.78, 5) is 22.2. The maximum atomic E-state index is 13.6. The number of hydrogen-bond acceptors (Lipinski definition) is 3.